The fourth-order valence-corrected chi connectivity index (χ4v) is 2.66. The Morgan fingerprint density at radius 3 is 3.00 bits per heavy atom. The van der Waals surface area contributed by atoms with Crippen LogP contribution in [0.1, 0.15) is 19.8 Å². The summed E-state index contributed by atoms with van der Waals surface area (Å²) in [4.78, 5) is 0. The van der Waals surface area contributed by atoms with Crippen molar-refractivity contribution in [3.05, 3.63) is 0 Å². The topological polar surface area (TPSA) is 41.5 Å². The molecule has 1 heterocycles. The number of rotatable bonds is 6. The highest BCUT2D eigenvalue weighted by molar-refractivity contribution is 7.99. The van der Waals surface area contributed by atoms with Gasteiger partial charge in [0.2, 0.25) is 0 Å². The maximum atomic E-state index is 9.96. The fraction of sp³-hybridized carbons (Fsp3) is 1.00. The quantitative estimate of drug-likeness (QED) is 0.695. The Labute approximate surface area is 90.6 Å². The second-order valence-electron chi connectivity index (χ2n) is 4.18. The average Bonchev–Trinajstić information content (AvgIpc) is 2.64. The van der Waals surface area contributed by atoms with Crippen molar-refractivity contribution in [3.8, 4) is 0 Å². The maximum Gasteiger partial charge on any atom is 0.0765 e. The number of hydrogen-bond acceptors (Lipinski definition) is 4. The van der Waals surface area contributed by atoms with Crippen LogP contribution < -0.4 is 5.32 Å². The van der Waals surface area contributed by atoms with Crippen LogP contribution in [0.15, 0.2) is 0 Å². The molecule has 1 saturated heterocycles. The van der Waals surface area contributed by atoms with Gasteiger partial charge in [0.05, 0.1) is 5.60 Å². The van der Waals surface area contributed by atoms with E-state index in [1.807, 2.05) is 18.7 Å². The van der Waals surface area contributed by atoms with Gasteiger partial charge in [-0.25, -0.2) is 0 Å². The SMILES string of the molecule is COCCC(C)(O)CNC1CCSC1. The standard InChI is InChI=1S/C10H21NO2S/c1-10(12,4-5-13-2)8-11-9-3-6-14-7-9/h9,11-12H,3-8H2,1-2H3. The molecule has 1 rings (SSSR count). The van der Waals surface area contributed by atoms with Crippen molar-refractivity contribution in [1.29, 1.82) is 0 Å². The van der Waals surface area contributed by atoms with Crippen LogP contribution in [0.25, 0.3) is 0 Å². The van der Waals surface area contributed by atoms with E-state index in [0.29, 0.717) is 25.6 Å². The van der Waals surface area contributed by atoms with Gasteiger partial charge >= 0.3 is 0 Å². The number of ether oxygens (including phenoxy) is 1. The van der Waals surface area contributed by atoms with Crippen molar-refractivity contribution < 1.29 is 9.84 Å². The lowest BCUT2D eigenvalue weighted by atomic mass is 10.0. The zero-order valence-corrected chi connectivity index (χ0v) is 9.90. The Balaban J connectivity index is 2.14. The molecule has 4 heteroatoms. The number of hydrogen-bond donors (Lipinski definition) is 2. The van der Waals surface area contributed by atoms with Crippen molar-refractivity contribution in [2.75, 3.05) is 31.8 Å². The van der Waals surface area contributed by atoms with Gasteiger partial charge in [0.15, 0.2) is 0 Å². The van der Waals surface area contributed by atoms with Crippen LogP contribution in [0.2, 0.25) is 0 Å². The fourth-order valence-electron chi connectivity index (χ4n) is 1.47. The van der Waals surface area contributed by atoms with Crippen molar-refractivity contribution in [2.45, 2.75) is 31.4 Å². The van der Waals surface area contributed by atoms with Gasteiger partial charge in [-0.1, -0.05) is 0 Å². The lowest BCUT2D eigenvalue weighted by molar-refractivity contribution is 0.0233. The molecule has 1 aliphatic rings. The van der Waals surface area contributed by atoms with E-state index in [2.05, 4.69) is 5.32 Å². The first-order valence-electron chi connectivity index (χ1n) is 5.16. The lowest BCUT2D eigenvalue weighted by Crippen LogP contribution is -2.43. The van der Waals surface area contributed by atoms with Gasteiger partial charge in [0.25, 0.3) is 0 Å². The molecule has 84 valence electrons. The molecule has 14 heavy (non-hydrogen) atoms. The minimum atomic E-state index is -0.636. The van der Waals surface area contributed by atoms with Crippen LogP contribution in [0.4, 0.5) is 0 Å². The maximum absolute atomic E-state index is 9.96. The van der Waals surface area contributed by atoms with E-state index in [1.165, 1.54) is 17.9 Å². The zero-order valence-electron chi connectivity index (χ0n) is 9.08. The summed E-state index contributed by atoms with van der Waals surface area (Å²) in [5.41, 5.74) is -0.636. The second kappa shape index (κ2) is 5.95. The first kappa shape index (κ1) is 12.3. The third-order valence-corrected chi connectivity index (χ3v) is 3.71. The van der Waals surface area contributed by atoms with Crippen LogP contribution in [0.3, 0.4) is 0 Å². The first-order chi connectivity index (χ1) is 6.64. The monoisotopic (exact) mass is 219 g/mol. The summed E-state index contributed by atoms with van der Waals surface area (Å²) in [7, 11) is 1.66. The largest absolute Gasteiger partial charge is 0.389 e. The summed E-state index contributed by atoms with van der Waals surface area (Å²) in [6.07, 6.45) is 1.92. The van der Waals surface area contributed by atoms with Crippen LogP contribution in [0.5, 0.6) is 0 Å². The minimum Gasteiger partial charge on any atom is -0.389 e. The molecule has 0 aliphatic carbocycles. The molecular formula is C10H21NO2S. The Hall–Kier alpha value is 0.230. The highest BCUT2D eigenvalue weighted by Gasteiger charge is 2.22. The normalized spacial score (nSPS) is 26.4. The Morgan fingerprint density at radius 1 is 1.64 bits per heavy atom. The Kier molecular flexibility index (Phi) is 5.23. The predicted octanol–water partition coefficient (Wildman–Crippen LogP) is 0.869. The van der Waals surface area contributed by atoms with Gasteiger partial charge < -0.3 is 15.2 Å². The highest BCUT2D eigenvalue weighted by Crippen LogP contribution is 2.18. The van der Waals surface area contributed by atoms with Gasteiger partial charge in [-0.15, -0.1) is 0 Å². The summed E-state index contributed by atoms with van der Waals surface area (Å²) in [6.45, 7) is 3.15. The van der Waals surface area contributed by atoms with E-state index < -0.39 is 5.60 Å². The molecule has 0 spiro atoms. The molecule has 0 bridgehead atoms. The molecule has 1 aliphatic heterocycles. The summed E-state index contributed by atoms with van der Waals surface area (Å²) >= 11 is 1.98. The molecule has 3 nitrogen and oxygen atoms in total. The van der Waals surface area contributed by atoms with E-state index in [0.717, 1.165) is 0 Å². The van der Waals surface area contributed by atoms with Gasteiger partial charge in [0, 0.05) is 38.5 Å². The molecule has 2 N–H and O–H groups in total. The molecule has 0 aromatic rings. The number of methoxy groups -OCH3 is 1. The molecule has 1 fully saturated rings. The zero-order chi connectivity index (χ0) is 10.4. The van der Waals surface area contributed by atoms with E-state index in [-0.39, 0.29) is 0 Å². The molecule has 2 atom stereocenters. The summed E-state index contributed by atoms with van der Waals surface area (Å²) in [6, 6.07) is 0.592. The lowest BCUT2D eigenvalue weighted by Gasteiger charge is -2.25. The molecule has 0 aromatic heterocycles. The first-order valence-corrected chi connectivity index (χ1v) is 6.32. The van der Waals surface area contributed by atoms with Crippen molar-refractivity contribution in [1.82, 2.24) is 5.32 Å². The van der Waals surface area contributed by atoms with Crippen LogP contribution in [-0.2, 0) is 4.74 Å². The van der Waals surface area contributed by atoms with Crippen molar-refractivity contribution >= 4 is 11.8 Å². The predicted molar refractivity (Wildman–Crippen MR) is 60.8 cm³/mol. The molecule has 0 radical (unpaired) electrons. The van der Waals surface area contributed by atoms with E-state index >= 15 is 0 Å². The van der Waals surface area contributed by atoms with Gasteiger partial charge in [0.1, 0.15) is 0 Å². The third-order valence-electron chi connectivity index (χ3n) is 2.55. The van der Waals surface area contributed by atoms with Crippen LogP contribution in [-0.4, -0.2) is 48.5 Å². The van der Waals surface area contributed by atoms with Crippen LogP contribution in [0, 0.1) is 0 Å². The molecule has 0 saturated carbocycles. The average molecular weight is 219 g/mol. The smallest absolute Gasteiger partial charge is 0.0765 e. The number of aliphatic hydroxyl groups is 1. The van der Waals surface area contributed by atoms with Gasteiger partial charge in [-0.3, -0.25) is 0 Å². The van der Waals surface area contributed by atoms with Gasteiger partial charge in [-0.2, -0.15) is 11.8 Å². The Morgan fingerprint density at radius 2 is 2.43 bits per heavy atom. The van der Waals surface area contributed by atoms with E-state index in [4.69, 9.17) is 4.74 Å². The van der Waals surface area contributed by atoms with E-state index in [1.54, 1.807) is 7.11 Å². The van der Waals surface area contributed by atoms with Crippen LogP contribution >= 0.6 is 11.8 Å². The summed E-state index contributed by atoms with van der Waals surface area (Å²) in [5, 5.41) is 13.4. The highest BCUT2D eigenvalue weighted by atomic mass is 32.2. The molecular weight excluding hydrogens is 198 g/mol. The number of nitrogens with one attached hydrogen (secondary N) is 1. The molecule has 0 amide bonds. The molecule has 2 unspecified atom stereocenters. The molecule has 0 aromatic carbocycles. The van der Waals surface area contributed by atoms with E-state index in [9.17, 15) is 5.11 Å². The minimum absolute atomic E-state index is 0.592. The summed E-state index contributed by atoms with van der Waals surface area (Å²) < 4.78 is 4.96. The Bertz CT molecular complexity index is 158. The second-order valence-corrected chi connectivity index (χ2v) is 5.33. The number of thioether (sulfide) groups is 1. The van der Waals surface area contributed by atoms with Gasteiger partial charge in [-0.05, 0) is 19.1 Å². The van der Waals surface area contributed by atoms with Crippen molar-refractivity contribution in [3.63, 3.8) is 0 Å². The van der Waals surface area contributed by atoms with Crippen molar-refractivity contribution in [2.24, 2.45) is 0 Å². The third kappa shape index (κ3) is 4.64. The summed E-state index contributed by atoms with van der Waals surface area (Å²) in [5.74, 6) is 2.43.